The van der Waals surface area contributed by atoms with Crippen molar-refractivity contribution in [3.05, 3.63) is 0 Å². The van der Waals surface area contributed by atoms with E-state index in [1.54, 1.807) is 4.90 Å². The number of nitrogens with zero attached hydrogens (tertiary/aromatic N) is 1. The van der Waals surface area contributed by atoms with E-state index in [-0.39, 0.29) is 18.7 Å². The second kappa shape index (κ2) is 7.10. The highest BCUT2D eigenvalue weighted by Gasteiger charge is 2.27. The molecule has 2 N–H and O–H groups in total. The standard InChI is InChI=1S/C14H28N2O3/c1-5-11(10-17)15-12-6-8-16(9-7-12)13(18)19-14(2,3)4/h11-12,15,17H,5-10H2,1-4H3. The number of piperidine rings is 1. The Morgan fingerprint density at radius 2 is 2.00 bits per heavy atom. The molecule has 1 atom stereocenters. The lowest BCUT2D eigenvalue weighted by Crippen LogP contribution is -2.49. The van der Waals surface area contributed by atoms with Gasteiger partial charge in [0.2, 0.25) is 0 Å². The van der Waals surface area contributed by atoms with E-state index in [1.165, 1.54) is 0 Å². The largest absolute Gasteiger partial charge is 0.444 e. The van der Waals surface area contributed by atoms with Crippen molar-refractivity contribution in [3.8, 4) is 0 Å². The molecule has 1 unspecified atom stereocenters. The van der Waals surface area contributed by atoms with E-state index >= 15 is 0 Å². The Labute approximate surface area is 116 Å². The molecule has 1 fully saturated rings. The Hall–Kier alpha value is -0.810. The lowest BCUT2D eigenvalue weighted by atomic mass is 10.0. The van der Waals surface area contributed by atoms with Gasteiger partial charge in [0.15, 0.2) is 0 Å². The minimum atomic E-state index is -0.434. The van der Waals surface area contributed by atoms with Gasteiger partial charge in [-0.15, -0.1) is 0 Å². The fraction of sp³-hybridized carbons (Fsp3) is 0.929. The molecule has 1 rings (SSSR count). The van der Waals surface area contributed by atoms with Crippen LogP contribution in [0.3, 0.4) is 0 Å². The van der Waals surface area contributed by atoms with Gasteiger partial charge in [-0.2, -0.15) is 0 Å². The summed E-state index contributed by atoms with van der Waals surface area (Å²) in [6.07, 6.45) is 2.52. The molecule has 0 aromatic carbocycles. The molecule has 0 radical (unpaired) electrons. The van der Waals surface area contributed by atoms with Crippen LogP contribution in [0.4, 0.5) is 4.79 Å². The molecule has 1 heterocycles. The lowest BCUT2D eigenvalue weighted by molar-refractivity contribution is 0.0193. The van der Waals surface area contributed by atoms with E-state index in [1.807, 2.05) is 20.8 Å². The Morgan fingerprint density at radius 1 is 1.42 bits per heavy atom. The van der Waals surface area contributed by atoms with Crippen LogP contribution in [0, 0.1) is 0 Å². The first-order valence-corrected chi connectivity index (χ1v) is 7.20. The molecule has 1 aliphatic rings. The molecule has 0 saturated carbocycles. The summed E-state index contributed by atoms with van der Waals surface area (Å²) in [5, 5.41) is 12.6. The fourth-order valence-corrected chi connectivity index (χ4v) is 2.19. The van der Waals surface area contributed by atoms with Crippen molar-refractivity contribution in [2.24, 2.45) is 0 Å². The van der Waals surface area contributed by atoms with Gasteiger partial charge in [-0.3, -0.25) is 0 Å². The van der Waals surface area contributed by atoms with Gasteiger partial charge < -0.3 is 20.1 Å². The monoisotopic (exact) mass is 272 g/mol. The lowest BCUT2D eigenvalue weighted by Gasteiger charge is -2.35. The normalized spacial score (nSPS) is 19.3. The first-order chi connectivity index (χ1) is 8.85. The third-order valence-electron chi connectivity index (χ3n) is 3.33. The molecule has 0 aromatic heterocycles. The summed E-state index contributed by atoms with van der Waals surface area (Å²) in [4.78, 5) is 13.7. The molecule has 0 bridgehead atoms. The Balaban J connectivity index is 2.34. The predicted octanol–water partition coefficient (Wildman–Crippen LogP) is 1.75. The number of carbonyl (C=O) groups is 1. The summed E-state index contributed by atoms with van der Waals surface area (Å²) >= 11 is 0. The van der Waals surface area contributed by atoms with Crippen LogP contribution in [-0.4, -0.2) is 53.5 Å². The van der Waals surface area contributed by atoms with Crippen LogP contribution >= 0.6 is 0 Å². The summed E-state index contributed by atoms with van der Waals surface area (Å²) < 4.78 is 5.36. The maximum absolute atomic E-state index is 11.9. The third kappa shape index (κ3) is 5.78. The van der Waals surface area contributed by atoms with E-state index in [2.05, 4.69) is 12.2 Å². The van der Waals surface area contributed by atoms with Gasteiger partial charge in [0, 0.05) is 25.2 Å². The highest BCUT2D eigenvalue weighted by molar-refractivity contribution is 5.68. The van der Waals surface area contributed by atoms with Crippen LogP contribution in [0.1, 0.15) is 47.0 Å². The highest BCUT2D eigenvalue weighted by atomic mass is 16.6. The van der Waals surface area contributed by atoms with E-state index < -0.39 is 5.60 Å². The van der Waals surface area contributed by atoms with Crippen LogP contribution in [0.5, 0.6) is 0 Å². The van der Waals surface area contributed by atoms with Crippen LogP contribution in [0.2, 0.25) is 0 Å². The molecule has 1 aliphatic heterocycles. The van der Waals surface area contributed by atoms with Crippen molar-refractivity contribution < 1.29 is 14.6 Å². The summed E-state index contributed by atoms with van der Waals surface area (Å²) in [5.74, 6) is 0. The molecular weight excluding hydrogens is 244 g/mol. The van der Waals surface area contributed by atoms with Crippen LogP contribution < -0.4 is 5.32 Å². The third-order valence-corrected chi connectivity index (χ3v) is 3.33. The van der Waals surface area contributed by atoms with Crippen LogP contribution in [-0.2, 0) is 4.74 Å². The van der Waals surface area contributed by atoms with Crippen molar-refractivity contribution in [1.82, 2.24) is 10.2 Å². The second-order valence-electron chi connectivity index (χ2n) is 6.20. The van der Waals surface area contributed by atoms with Crippen molar-refractivity contribution in [1.29, 1.82) is 0 Å². The summed E-state index contributed by atoms with van der Waals surface area (Å²) in [6.45, 7) is 9.31. The van der Waals surface area contributed by atoms with E-state index in [0.29, 0.717) is 19.1 Å². The number of nitrogens with one attached hydrogen (secondary N) is 1. The van der Waals surface area contributed by atoms with Crippen molar-refractivity contribution in [2.75, 3.05) is 19.7 Å². The summed E-state index contributed by atoms with van der Waals surface area (Å²) in [7, 11) is 0. The van der Waals surface area contributed by atoms with Crippen LogP contribution in [0.25, 0.3) is 0 Å². The van der Waals surface area contributed by atoms with Gasteiger partial charge in [0.25, 0.3) is 0 Å². The first-order valence-electron chi connectivity index (χ1n) is 7.20. The smallest absolute Gasteiger partial charge is 0.410 e. The molecule has 5 heteroatoms. The van der Waals surface area contributed by atoms with E-state index in [9.17, 15) is 9.90 Å². The number of hydrogen-bond donors (Lipinski definition) is 2. The number of ether oxygens (including phenoxy) is 1. The average Bonchev–Trinajstić information content (AvgIpc) is 2.34. The molecule has 0 aromatic rings. The van der Waals surface area contributed by atoms with Gasteiger partial charge in [-0.05, 0) is 40.0 Å². The highest BCUT2D eigenvalue weighted by Crippen LogP contribution is 2.16. The molecular formula is C14H28N2O3. The van der Waals surface area contributed by atoms with Gasteiger partial charge in [0.05, 0.1) is 6.61 Å². The number of hydrogen-bond acceptors (Lipinski definition) is 4. The van der Waals surface area contributed by atoms with Crippen molar-refractivity contribution in [2.45, 2.75) is 64.6 Å². The van der Waals surface area contributed by atoms with E-state index in [4.69, 9.17) is 4.74 Å². The van der Waals surface area contributed by atoms with E-state index in [0.717, 1.165) is 19.3 Å². The maximum atomic E-state index is 11.9. The molecule has 19 heavy (non-hydrogen) atoms. The zero-order chi connectivity index (χ0) is 14.5. The molecule has 5 nitrogen and oxygen atoms in total. The number of rotatable bonds is 4. The molecule has 1 amide bonds. The minimum absolute atomic E-state index is 0.165. The first kappa shape index (κ1) is 16.2. The summed E-state index contributed by atoms with van der Waals surface area (Å²) in [5.41, 5.74) is -0.434. The zero-order valence-electron chi connectivity index (χ0n) is 12.6. The Kier molecular flexibility index (Phi) is 6.07. The minimum Gasteiger partial charge on any atom is -0.444 e. The number of amides is 1. The molecule has 0 aliphatic carbocycles. The topological polar surface area (TPSA) is 61.8 Å². The number of likely N-dealkylation sites (tertiary alicyclic amines) is 1. The van der Waals surface area contributed by atoms with Gasteiger partial charge in [0.1, 0.15) is 5.60 Å². The number of aliphatic hydroxyl groups is 1. The molecule has 0 spiro atoms. The zero-order valence-corrected chi connectivity index (χ0v) is 12.6. The van der Waals surface area contributed by atoms with Gasteiger partial charge in [-0.1, -0.05) is 6.92 Å². The second-order valence-corrected chi connectivity index (χ2v) is 6.20. The molecule has 1 saturated heterocycles. The quantitative estimate of drug-likeness (QED) is 0.818. The van der Waals surface area contributed by atoms with Gasteiger partial charge >= 0.3 is 6.09 Å². The Bertz CT molecular complexity index is 277. The number of aliphatic hydroxyl groups excluding tert-OH is 1. The van der Waals surface area contributed by atoms with Gasteiger partial charge in [-0.25, -0.2) is 4.79 Å². The fourth-order valence-electron chi connectivity index (χ4n) is 2.19. The molecule has 112 valence electrons. The van der Waals surface area contributed by atoms with Crippen molar-refractivity contribution in [3.63, 3.8) is 0 Å². The SMILES string of the molecule is CCC(CO)NC1CCN(C(=O)OC(C)(C)C)CC1. The van der Waals surface area contributed by atoms with Crippen molar-refractivity contribution >= 4 is 6.09 Å². The average molecular weight is 272 g/mol. The van der Waals surface area contributed by atoms with Crippen LogP contribution in [0.15, 0.2) is 0 Å². The predicted molar refractivity (Wildman–Crippen MR) is 75.1 cm³/mol. The number of carbonyl (C=O) groups excluding carboxylic acids is 1. The maximum Gasteiger partial charge on any atom is 0.410 e. The Morgan fingerprint density at radius 3 is 2.42 bits per heavy atom. The summed E-state index contributed by atoms with van der Waals surface area (Å²) in [6, 6.07) is 0.550.